The van der Waals surface area contributed by atoms with Crippen LogP contribution in [0, 0.1) is 6.92 Å². The van der Waals surface area contributed by atoms with Crippen molar-refractivity contribution in [2.24, 2.45) is 0 Å². The summed E-state index contributed by atoms with van der Waals surface area (Å²) in [4.78, 5) is 26.3. The van der Waals surface area contributed by atoms with E-state index in [0.717, 1.165) is 17.7 Å². The highest BCUT2D eigenvalue weighted by Gasteiger charge is 2.38. The lowest BCUT2D eigenvalue weighted by Gasteiger charge is -2.24. The normalized spacial score (nSPS) is 15.2. The number of hydrogen-bond acceptors (Lipinski definition) is 5. The molecule has 7 nitrogen and oxygen atoms in total. The number of aryl methyl sites for hydroxylation is 2. The molecule has 1 atom stereocenters. The lowest BCUT2D eigenvalue weighted by Crippen LogP contribution is -2.29. The zero-order valence-electron chi connectivity index (χ0n) is 18.1. The number of nitrogens with one attached hydrogen (secondary N) is 1. The smallest absolute Gasteiger partial charge is 0.226 e. The highest BCUT2D eigenvalue weighted by Crippen LogP contribution is 2.41. The number of ketones is 1. The monoisotopic (exact) mass is 419 g/mol. The minimum absolute atomic E-state index is 0.0361. The van der Waals surface area contributed by atoms with Crippen molar-refractivity contribution in [1.29, 1.82) is 0 Å². The molecule has 7 heteroatoms. The lowest BCUT2D eigenvalue weighted by molar-refractivity contribution is -0.116. The maximum absolute atomic E-state index is 13.7. The van der Waals surface area contributed by atoms with E-state index in [4.69, 9.17) is 9.47 Å². The van der Waals surface area contributed by atoms with Crippen molar-refractivity contribution >= 4 is 17.5 Å². The predicted molar refractivity (Wildman–Crippen MR) is 118 cm³/mol. The molecular weight excluding hydrogens is 394 g/mol. The Balaban J connectivity index is 1.83. The van der Waals surface area contributed by atoms with E-state index in [1.165, 1.54) is 19.8 Å². The Morgan fingerprint density at radius 1 is 1.13 bits per heavy atom. The fourth-order valence-electron chi connectivity index (χ4n) is 4.10. The number of carbonyl (C=O) groups is 2. The molecule has 1 amide bonds. The van der Waals surface area contributed by atoms with Crippen molar-refractivity contribution in [2.45, 2.75) is 32.6 Å². The molecule has 160 valence electrons. The molecular formula is C24H25N3O4. The van der Waals surface area contributed by atoms with Crippen LogP contribution in [0.3, 0.4) is 0 Å². The van der Waals surface area contributed by atoms with Gasteiger partial charge in [0.05, 0.1) is 31.5 Å². The van der Waals surface area contributed by atoms with E-state index in [1.54, 1.807) is 22.9 Å². The maximum Gasteiger partial charge on any atom is 0.226 e. The second-order valence-electron chi connectivity index (χ2n) is 7.49. The summed E-state index contributed by atoms with van der Waals surface area (Å²) in [6.07, 6.45) is 0.971. The molecule has 0 bridgehead atoms. The van der Waals surface area contributed by atoms with Crippen molar-refractivity contribution in [3.05, 3.63) is 64.8 Å². The number of aromatic nitrogens is 2. The number of rotatable bonds is 6. The molecule has 1 aromatic heterocycles. The molecule has 2 heterocycles. The summed E-state index contributed by atoms with van der Waals surface area (Å²) < 4.78 is 12.5. The van der Waals surface area contributed by atoms with Crippen molar-refractivity contribution in [2.75, 3.05) is 19.5 Å². The number of hydrogen-bond donors (Lipinski definition) is 1. The largest absolute Gasteiger partial charge is 0.496 e. The molecule has 0 spiro atoms. The SMILES string of the molecule is CCc1ccc(-n2nc(C)c3c2NC(=O)CC3C(=O)c2c(OC)cccc2OC)cc1. The zero-order valence-corrected chi connectivity index (χ0v) is 18.1. The van der Waals surface area contributed by atoms with Crippen LogP contribution in [0.1, 0.15) is 46.4 Å². The number of anilines is 1. The first-order chi connectivity index (χ1) is 15.0. The van der Waals surface area contributed by atoms with Crippen molar-refractivity contribution in [3.8, 4) is 17.2 Å². The quantitative estimate of drug-likeness (QED) is 0.609. The van der Waals surface area contributed by atoms with Crippen molar-refractivity contribution in [1.82, 2.24) is 9.78 Å². The minimum Gasteiger partial charge on any atom is -0.496 e. The number of fused-ring (bicyclic) bond motifs is 1. The van der Waals surface area contributed by atoms with E-state index < -0.39 is 5.92 Å². The first kappa shape index (κ1) is 20.7. The lowest BCUT2D eigenvalue weighted by atomic mass is 9.85. The van der Waals surface area contributed by atoms with Gasteiger partial charge >= 0.3 is 0 Å². The molecule has 1 aliphatic rings. The van der Waals surface area contributed by atoms with Crippen molar-refractivity contribution < 1.29 is 19.1 Å². The van der Waals surface area contributed by atoms with E-state index in [-0.39, 0.29) is 18.1 Å². The second-order valence-corrected chi connectivity index (χ2v) is 7.49. The maximum atomic E-state index is 13.7. The Hall–Kier alpha value is -3.61. The fourth-order valence-corrected chi connectivity index (χ4v) is 4.10. The third-order valence-electron chi connectivity index (χ3n) is 5.68. The van der Waals surface area contributed by atoms with Gasteiger partial charge in [-0.2, -0.15) is 5.10 Å². The highest BCUT2D eigenvalue weighted by atomic mass is 16.5. The van der Waals surface area contributed by atoms with Gasteiger partial charge in [0, 0.05) is 12.0 Å². The first-order valence-corrected chi connectivity index (χ1v) is 10.2. The zero-order chi connectivity index (χ0) is 22.1. The molecule has 0 fully saturated rings. The first-order valence-electron chi connectivity index (χ1n) is 10.2. The number of benzene rings is 2. The van der Waals surface area contributed by atoms with Gasteiger partial charge in [-0.25, -0.2) is 4.68 Å². The summed E-state index contributed by atoms with van der Waals surface area (Å²) in [6, 6.07) is 13.2. The number of Topliss-reactive ketones (excluding diaryl/α,β-unsaturated/α-hetero) is 1. The summed E-state index contributed by atoms with van der Waals surface area (Å²) >= 11 is 0. The van der Waals surface area contributed by atoms with Crippen LogP contribution in [-0.2, 0) is 11.2 Å². The van der Waals surface area contributed by atoms with Gasteiger partial charge in [0.2, 0.25) is 5.91 Å². The van der Waals surface area contributed by atoms with Crippen LogP contribution in [0.15, 0.2) is 42.5 Å². The van der Waals surface area contributed by atoms with Crippen LogP contribution in [0.25, 0.3) is 5.69 Å². The van der Waals surface area contributed by atoms with Crippen LogP contribution >= 0.6 is 0 Å². The summed E-state index contributed by atoms with van der Waals surface area (Å²) in [7, 11) is 3.02. The van der Waals surface area contributed by atoms with Crippen LogP contribution in [0.2, 0.25) is 0 Å². The molecule has 1 unspecified atom stereocenters. The third kappa shape index (κ3) is 3.56. The van der Waals surface area contributed by atoms with Gasteiger partial charge in [-0.05, 0) is 43.2 Å². The van der Waals surface area contributed by atoms with Gasteiger partial charge in [-0.1, -0.05) is 25.1 Å². The van der Waals surface area contributed by atoms with Gasteiger partial charge < -0.3 is 14.8 Å². The Morgan fingerprint density at radius 3 is 2.35 bits per heavy atom. The molecule has 1 N–H and O–H groups in total. The molecule has 31 heavy (non-hydrogen) atoms. The Morgan fingerprint density at radius 2 is 1.77 bits per heavy atom. The average Bonchev–Trinajstić information content (AvgIpc) is 3.13. The van der Waals surface area contributed by atoms with Crippen molar-refractivity contribution in [3.63, 3.8) is 0 Å². The third-order valence-corrected chi connectivity index (χ3v) is 5.68. The molecule has 2 aromatic carbocycles. The predicted octanol–water partition coefficient (Wildman–Crippen LogP) is 4.07. The molecule has 3 aromatic rings. The highest BCUT2D eigenvalue weighted by molar-refractivity contribution is 6.10. The van der Waals surface area contributed by atoms with E-state index >= 15 is 0 Å². The van der Waals surface area contributed by atoms with Crippen LogP contribution < -0.4 is 14.8 Å². The van der Waals surface area contributed by atoms with E-state index in [1.807, 2.05) is 31.2 Å². The van der Waals surface area contributed by atoms with Gasteiger partial charge in [0.15, 0.2) is 5.78 Å². The molecule has 0 saturated heterocycles. The molecule has 0 radical (unpaired) electrons. The summed E-state index contributed by atoms with van der Waals surface area (Å²) in [5.41, 5.74) is 3.78. The molecule has 4 rings (SSSR count). The van der Waals surface area contributed by atoms with Crippen LogP contribution in [0.5, 0.6) is 11.5 Å². The van der Waals surface area contributed by atoms with Gasteiger partial charge in [0.1, 0.15) is 22.9 Å². The molecule has 1 aliphatic heterocycles. The molecule has 0 saturated carbocycles. The second kappa shape index (κ2) is 8.26. The van der Waals surface area contributed by atoms with E-state index in [9.17, 15) is 9.59 Å². The number of ether oxygens (including phenoxy) is 2. The Bertz CT molecular complexity index is 1130. The number of methoxy groups -OCH3 is 2. The van der Waals surface area contributed by atoms with E-state index in [2.05, 4.69) is 17.3 Å². The summed E-state index contributed by atoms with van der Waals surface area (Å²) in [6.45, 7) is 3.95. The fraction of sp³-hybridized carbons (Fsp3) is 0.292. The average molecular weight is 419 g/mol. The number of amides is 1. The summed E-state index contributed by atoms with van der Waals surface area (Å²) in [5.74, 6) is 0.220. The van der Waals surface area contributed by atoms with Crippen LogP contribution in [0.4, 0.5) is 5.82 Å². The van der Waals surface area contributed by atoms with Crippen LogP contribution in [-0.4, -0.2) is 35.7 Å². The van der Waals surface area contributed by atoms with E-state index in [0.29, 0.717) is 28.6 Å². The number of nitrogens with zero attached hydrogens (tertiary/aromatic N) is 2. The topological polar surface area (TPSA) is 82.5 Å². The summed E-state index contributed by atoms with van der Waals surface area (Å²) in [5, 5.41) is 7.57. The number of carbonyl (C=O) groups excluding carboxylic acids is 2. The van der Waals surface area contributed by atoms with Gasteiger partial charge in [-0.15, -0.1) is 0 Å². The standard InChI is InChI=1S/C24H25N3O4/c1-5-15-9-11-16(12-10-15)27-24-21(14(2)26-27)17(13-20(28)25-24)23(29)22-18(30-3)7-6-8-19(22)31-4/h6-12,17H,5,13H2,1-4H3,(H,25,28). The van der Waals surface area contributed by atoms with Gasteiger partial charge in [0.25, 0.3) is 0 Å². The van der Waals surface area contributed by atoms with Gasteiger partial charge in [-0.3, -0.25) is 9.59 Å². The molecule has 0 aliphatic carbocycles. The Kier molecular flexibility index (Phi) is 5.50. The minimum atomic E-state index is -0.683. The Labute approximate surface area is 181 Å².